The summed E-state index contributed by atoms with van der Waals surface area (Å²) in [6.07, 6.45) is 1.85. The molecule has 0 aliphatic carbocycles. The highest BCUT2D eigenvalue weighted by Gasteiger charge is 2.27. The maximum absolute atomic E-state index is 12.8. The van der Waals surface area contributed by atoms with Crippen molar-refractivity contribution < 1.29 is 9.90 Å². The molecular formula is C22H22N2O2. The van der Waals surface area contributed by atoms with Gasteiger partial charge in [-0.1, -0.05) is 60.7 Å². The zero-order valence-electron chi connectivity index (χ0n) is 14.5. The van der Waals surface area contributed by atoms with Gasteiger partial charge in [0.05, 0.1) is 12.1 Å². The van der Waals surface area contributed by atoms with Crippen LogP contribution in [-0.2, 0) is 4.79 Å². The van der Waals surface area contributed by atoms with Crippen molar-refractivity contribution in [1.82, 2.24) is 10.6 Å². The molecule has 4 rings (SSSR count). The van der Waals surface area contributed by atoms with Gasteiger partial charge in [0.2, 0.25) is 5.91 Å². The van der Waals surface area contributed by atoms with Gasteiger partial charge in [-0.2, -0.15) is 0 Å². The van der Waals surface area contributed by atoms with Crippen LogP contribution >= 0.6 is 0 Å². The molecule has 2 atom stereocenters. The number of hydrogen-bond acceptors (Lipinski definition) is 3. The Hall–Kier alpha value is -2.85. The van der Waals surface area contributed by atoms with Gasteiger partial charge in [-0.15, -0.1) is 0 Å². The molecule has 4 heteroatoms. The first-order valence-electron chi connectivity index (χ1n) is 9.03. The number of phenolic OH excluding ortho intramolecular Hbond substituents is 1. The molecule has 3 aromatic rings. The highest BCUT2D eigenvalue weighted by Crippen LogP contribution is 2.35. The van der Waals surface area contributed by atoms with E-state index >= 15 is 0 Å². The number of amides is 1. The number of benzene rings is 3. The first-order chi connectivity index (χ1) is 12.7. The van der Waals surface area contributed by atoms with E-state index in [9.17, 15) is 9.90 Å². The Morgan fingerprint density at radius 1 is 1.04 bits per heavy atom. The fourth-order valence-corrected chi connectivity index (χ4v) is 3.71. The average Bonchev–Trinajstić information content (AvgIpc) is 3.22. The lowest BCUT2D eigenvalue weighted by Gasteiger charge is -2.24. The molecule has 132 valence electrons. The van der Waals surface area contributed by atoms with E-state index in [0.29, 0.717) is 0 Å². The molecule has 1 amide bonds. The molecule has 1 aliphatic heterocycles. The smallest absolute Gasteiger partial charge is 0.237 e. The van der Waals surface area contributed by atoms with E-state index in [-0.39, 0.29) is 17.7 Å². The van der Waals surface area contributed by atoms with Gasteiger partial charge in [0, 0.05) is 5.56 Å². The van der Waals surface area contributed by atoms with Gasteiger partial charge in [-0.25, -0.2) is 0 Å². The Morgan fingerprint density at radius 3 is 2.58 bits per heavy atom. The molecule has 1 aliphatic rings. The van der Waals surface area contributed by atoms with Crippen LogP contribution in [0, 0.1) is 0 Å². The summed E-state index contributed by atoms with van der Waals surface area (Å²) in [5.41, 5.74) is 1.69. The van der Waals surface area contributed by atoms with E-state index in [1.807, 2.05) is 60.7 Å². The Labute approximate surface area is 152 Å². The number of carbonyl (C=O) groups excluding carboxylic acids is 1. The summed E-state index contributed by atoms with van der Waals surface area (Å²) < 4.78 is 0. The van der Waals surface area contributed by atoms with E-state index < -0.39 is 6.04 Å². The molecule has 0 aromatic heterocycles. The second kappa shape index (κ2) is 7.18. The highest BCUT2D eigenvalue weighted by molar-refractivity contribution is 5.90. The average molecular weight is 346 g/mol. The van der Waals surface area contributed by atoms with E-state index in [2.05, 4.69) is 10.6 Å². The Balaban J connectivity index is 1.81. The number of phenols is 1. The molecule has 1 heterocycles. The molecule has 1 fully saturated rings. The van der Waals surface area contributed by atoms with Crippen molar-refractivity contribution in [2.24, 2.45) is 0 Å². The van der Waals surface area contributed by atoms with Crippen LogP contribution in [0.1, 0.15) is 30.0 Å². The minimum Gasteiger partial charge on any atom is -0.508 e. The van der Waals surface area contributed by atoms with Gasteiger partial charge in [0.15, 0.2) is 0 Å². The Kier molecular flexibility index (Phi) is 4.59. The normalized spacial score (nSPS) is 17.9. The first kappa shape index (κ1) is 16.6. The summed E-state index contributed by atoms with van der Waals surface area (Å²) in [5.74, 6) is 0.168. The van der Waals surface area contributed by atoms with Crippen LogP contribution in [0.5, 0.6) is 5.75 Å². The van der Waals surface area contributed by atoms with Gasteiger partial charge in [-0.3, -0.25) is 4.79 Å². The summed E-state index contributed by atoms with van der Waals surface area (Å²) in [5, 5.41) is 19.0. The van der Waals surface area contributed by atoms with Gasteiger partial charge in [-0.05, 0) is 41.8 Å². The predicted octanol–water partition coefficient (Wildman–Crippen LogP) is 3.50. The Bertz CT molecular complexity index is 918. The summed E-state index contributed by atoms with van der Waals surface area (Å²) in [6, 6.07) is 20.8. The number of fused-ring (bicyclic) bond motifs is 1. The van der Waals surface area contributed by atoms with Crippen molar-refractivity contribution in [3.63, 3.8) is 0 Å². The minimum atomic E-state index is -0.405. The lowest BCUT2D eigenvalue weighted by atomic mass is 9.92. The molecule has 3 aromatic carbocycles. The molecular weight excluding hydrogens is 324 g/mol. The van der Waals surface area contributed by atoms with E-state index in [1.165, 1.54) is 0 Å². The number of carbonyl (C=O) groups is 1. The van der Waals surface area contributed by atoms with Gasteiger partial charge < -0.3 is 15.7 Å². The maximum Gasteiger partial charge on any atom is 0.237 e. The lowest BCUT2D eigenvalue weighted by molar-refractivity contribution is -0.123. The molecule has 0 bridgehead atoms. The van der Waals surface area contributed by atoms with Crippen molar-refractivity contribution >= 4 is 16.7 Å². The zero-order valence-corrected chi connectivity index (χ0v) is 14.5. The topological polar surface area (TPSA) is 61.4 Å². The quantitative estimate of drug-likeness (QED) is 0.677. The summed E-state index contributed by atoms with van der Waals surface area (Å²) >= 11 is 0. The molecule has 26 heavy (non-hydrogen) atoms. The highest BCUT2D eigenvalue weighted by atomic mass is 16.3. The van der Waals surface area contributed by atoms with E-state index in [4.69, 9.17) is 0 Å². The molecule has 1 saturated heterocycles. The summed E-state index contributed by atoms with van der Waals surface area (Å²) in [4.78, 5) is 12.8. The van der Waals surface area contributed by atoms with Crippen LogP contribution in [-0.4, -0.2) is 23.6 Å². The van der Waals surface area contributed by atoms with Crippen molar-refractivity contribution in [2.45, 2.75) is 24.9 Å². The largest absolute Gasteiger partial charge is 0.508 e. The van der Waals surface area contributed by atoms with Crippen LogP contribution in [0.4, 0.5) is 0 Å². The second-order valence-corrected chi connectivity index (χ2v) is 6.72. The molecule has 0 spiro atoms. The van der Waals surface area contributed by atoms with E-state index in [1.54, 1.807) is 6.07 Å². The van der Waals surface area contributed by atoms with Gasteiger partial charge in [0.1, 0.15) is 5.75 Å². The fourth-order valence-electron chi connectivity index (χ4n) is 3.71. The summed E-state index contributed by atoms with van der Waals surface area (Å²) in [7, 11) is 0. The third-order valence-corrected chi connectivity index (χ3v) is 5.03. The number of rotatable bonds is 4. The van der Waals surface area contributed by atoms with Crippen LogP contribution in [0.3, 0.4) is 0 Å². The molecule has 0 radical (unpaired) electrons. The maximum atomic E-state index is 12.8. The second-order valence-electron chi connectivity index (χ2n) is 6.72. The van der Waals surface area contributed by atoms with Crippen molar-refractivity contribution in [3.05, 3.63) is 77.9 Å². The standard InChI is InChI=1S/C22H22N2O2/c25-19-13-12-15-7-4-5-10-17(15)20(19)21(16-8-2-1-3-9-16)24-22(26)18-11-6-14-23-18/h1-5,7-10,12-13,18,21,23,25H,6,11,14H2,(H,24,26)/t18-,21-/m0/s1. The summed E-state index contributed by atoms with van der Waals surface area (Å²) in [6.45, 7) is 0.869. The third-order valence-electron chi connectivity index (χ3n) is 5.03. The van der Waals surface area contributed by atoms with Crippen LogP contribution in [0.25, 0.3) is 10.8 Å². The molecule has 0 saturated carbocycles. The molecule has 3 N–H and O–H groups in total. The number of hydrogen-bond donors (Lipinski definition) is 3. The van der Waals surface area contributed by atoms with Gasteiger partial charge in [0.25, 0.3) is 0 Å². The Morgan fingerprint density at radius 2 is 1.81 bits per heavy atom. The fraction of sp³-hybridized carbons (Fsp3) is 0.227. The lowest BCUT2D eigenvalue weighted by Crippen LogP contribution is -2.42. The van der Waals surface area contributed by atoms with Crippen molar-refractivity contribution in [1.29, 1.82) is 0 Å². The SMILES string of the molecule is O=C(N[C@@H](c1ccccc1)c1c(O)ccc2ccccc12)[C@@H]1CCCN1. The monoisotopic (exact) mass is 346 g/mol. The van der Waals surface area contributed by atoms with Gasteiger partial charge >= 0.3 is 0 Å². The van der Waals surface area contributed by atoms with Crippen LogP contribution in [0.15, 0.2) is 66.7 Å². The first-order valence-corrected chi connectivity index (χ1v) is 9.03. The predicted molar refractivity (Wildman–Crippen MR) is 103 cm³/mol. The van der Waals surface area contributed by atoms with E-state index in [0.717, 1.165) is 41.3 Å². The van der Waals surface area contributed by atoms with Crippen LogP contribution < -0.4 is 10.6 Å². The van der Waals surface area contributed by atoms with Crippen molar-refractivity contribution in [3.8, 4) is 5.75 Å². The molecule has 0 unspecified atom stereocenters. The number of aromatic hydroxyl groups is 1. The minimum absolute atomic E-state index is 0.0244. The third kappa shape index (κ3) is 3.16. The van der Waals surface area contributed by atoms with Crippen molar-refractivity contribution in [2.75, 3.05) is 6.54 Å². The number of nitrogens with one attached hydrogen (secondary N) is 2. The molecule has 4 nitrogen and oxygen atoms in total. The zero-order chi connectivity index (χ0) is 17.9. The van der Waals surface area contributed by atoms with Crippen LogP contribution in [0.2, 0.25) is 0 Å².